The number of hydrogen-bond acceptors (Lipinski definition) is 4. The first-order valence-corrected chi connectivity index (χ1v) is 8.42. The Bertz CT molecular complexity index is 562. The van der Waals surface area contributed by atoms with E-state index in [0.717, 1.165) is 5.56 Å². The molecule has 0 aromatic heterocycles. The van der Waals surface area contributed by atoms with Crippen LogP contribution in [0.3, 0.4) is 0 Å². The largest absolute Gasteiger partial charge is 0.445 e. The number of ether oxygens (including phenoxy) is 1. The summed E-state index contributed by atoms with van der Waals surface area (Å²) in [6.07, 6.45) is -0.341. The van der Waals surface area contributed by atoms with E-state index < -0.39 is 6.04 Å². The third kappa shape index (κ3) is 4.47. The zero-order valence-electron chi connectivity index (χ0n) is 14.6. The summed E-state index contributed by atoms with van der Waals surface area (Å²) in [6.45, 7) is 7.48. The second-order valence-corrected chi connectivity index (χ2v) is 6.64. The summed E-state index contributed by atoms with van der Waals surface area (Å²) in [6, 6.07) is 8.99. The van der Waals surface area contributed by atoms with Crippen LogP contribution in [0.2, 0.25) is 0 Å². The van der Waals surface area contributed by atoms with Crippen molar-refractivity contribution >= 4 is 12.0 Å². The van der Waals surface area contributed by atoms with Crippen LogP contribution in [0.25, 0.3) is 0 Å². The van der Waals surface area contributed by atoms with E-state index in [0.29, 0.717) is 19.6 Å². The number of benzene rings is 1. The molecular formula is C18H27N3O3. The van der Waals surface area contributed by atoms with Crippen LogP contribution < -0.4 is 5.73 Å². The highest BCUT2D eigenvalue weighted by Gasteiger charge is 2.33. The highest BCUT2D eigenvalue weighted by Crippen LogP contribution is 2.14. The van der Waals surface area contributed by atoms with E-state index in [9.17, 15) is 9.59 Å². The number of hydrogen-bond donors (Lipinski definition) is 1. The molecule has 2 amide bonds. The van der Waals surface area contributed by atoms with Crippen LogP contribution in [-0.4, -0.2) is 53.5 Å². The van der Waals surface area contributed by atoms with Gasteiger partial charge in [0, 0.05) is 25.7 Å². The lowest BCUT2D eigenvalue weighted by Gasteiger charge is -2.40. The zero-order valence-corrected chi connectivity index (χ0v) is 14.6. The fourth-order valence-electron chi connectivity index (χ4n) is 2.73. The fourth-order valence-corrected chi connectivity index (χ4v) is 2.73. The van der Waals surface area contributed by atoms with Crippen LogP contribution in [0.15, 0.2) is 30.3 Å². The number of carbonyl (C=O) groups is 2. The van der Waals surface area contributed by atoms with Gasteiger partial charge in [0.05, 0.1) is 6.04 Å². The van der Waals surface area contributed by atoms with Gasteiger partial charge in [-0.25, -0.2) is 4.79 Å². The van der Waals surface area contributed by atoms with Gasteiger partial charge in [0.15, 0.2) is 0 Å². The van der Waals surface area contributed by atoms with Crippen LogP contribution in [0.1, 0.15) is 26.3 Å². The Morgan fingerprint density at radius 3 is 2.50 bits per heavy atom. The maximum atomic E-state index is 12.3. The zero-order chi connectivity index (χ0) is 17.7. The second kappa shape index (κ2) is 8.15. The molecule has 132 valence electrons. The first-order chi connectivity index (χ1) is 11.4. The molecule has 2 unspecified atom stereocenters. The molecule has 1 saturated heterocycles. The van der Waals surface area contributed by atoms with E-state index in [1.165, 1.54) is 0 Å². The summed E-state index contributed by atoms with van der Waals surface area (Å²) >= 11 is 0. The average molecular weight is 333 g/mol. The van der Waals surface area contributed by atoms with E-state index in [2.05, 4.69) is 0 Å². The average Bonchev–Trinajstić information content (AvgIpc) is 2.59. The van der Waals surface area contributed by atoms with Crippen molar-refractivity contribution in [2.45, 2.75) is 39.5 Å². The maximum Gasteiger partial charge on any atom is 0.410 e. The Morgan fingerprint density at radius 1 is 1.25 bits per heavy atom. The lowest BCUT2D eigenvalue weighted by molar-refractivity contribution is -0.136. The molecule has 1 aromatic carbocycles. The summed E-state index contributed by atoms with van der Waals surface area (Å²) in [5.41, 5.74) is 6.90. The monoisotopic (exact) mass is 333 g/mol. The van der Waals surface area contributed by atoms with Gasteiger partial charge in [-0.1, -0.05) is 44.2 Å². The number of carbonyl (C=O) groups excluding carboxylic acids is 2. The first kappa shape index (κ1) is 18.3. The number of rotatable bonds is 4. The van der Waals surface area contributed by atoms with Crippen molar-refractivity contribution in [3.8, 4) is 0 Å². The standard InChI is InChI=1S/C18H27N3O3/c1-13(2)16(19)17(22)20-9-10-21(14(3)11-20)18(23)24-12-15-7-5-4-6-8-15/h4-8,13-14,16H,9-12,19H2,1-3H3. The Balaban J connectivity index is 1.86. The smallest absolute Gasteiger partial charge is 0.410 e. The van der Waals surface area contributed by atoms with E-state index in [1.807, 2.05) is 51.1 Å². The van der Waals surface area contributed by atoms with Crippen molar-refractivity contribution in [2.75, 3.05) is 19.6 Å². The van der Waals surface area contributed by atoms with Gasteiger partial charge in [0.1, 0.15) is 6.61 Å². The second-order valence-electron chi connectivity index (χ2n) is 6.64. The van der Waals surface area contributed by atoms with Crippen LogP contribution >= 0.6 is 0 Å². The van der Waals surface area contributed by atoms with Crippen molar-refractivity contribution in [1.82, 2.24) is 9.80 Å². The molecule has 6 heteroatoms. The minimum absolute atomic E-state index is 0.0471. The van der Waals surface area contributed by atoms with Crippen molar-refractivity contribution in [3.63, 3.8) is 0 Å². The minimum atomic E-state index is -0.492. The van der Waals surface area contributed by atoms with E-state index in [4.69, 9.17) is 10.5 Å². The molecule has 2 N–H and O–H groups in total. The molecule has 0 saturated carbocycles. The molecule has 2 rings (SSSR count). The molecule has 1 aromatic rings. The molecule has 1 aliphatic rings. The number of nitrogens with zero attached hydrogens (tertiary/aromatic N) is 2. The lowest BCUT2D eigenvalue weighted by atomic mass is 10.0. The van der Waals surface area contributed by atoms with E-state index >= 15 is 0 Å². The Kier molecular flexibility index (Phi) is 6.20. The molecule has 0 bridgehead atoms. The molecule has 1 fully saturated rings. The molecule has 1 heterocycles. The molecule has 0 aliphatic carbocycles. The van der Waals surface area contributed by atoms with E-state index in [1.54, 1.807) is 9.80 Å². The third-order valence-corrected chi connectivity index (χ3v) is 4.38. The van der Waals surface area contributed by atoms with Crippen molar-refractivity contribution in [3.05, 3.63) is 35.9 Å². The van der Waals surface area contributed by atoms with Crippen molar-refractivity contribution in [1.29, 1.82) is 0 Å². The predicted molar refractivity (Wildman–Crippen MR) is 92.2 cm³/mol. The van der Waals surface area contributed by atoms with Crippen molar-refractivity contribution < 1.29 is 14.3 Å². The Labute approximate surface area is 143 Å². The summed E-state index contributed by atoms with van der Waals surface area (Å²) in [7, 11) is 0. The molecule has 0 spiro atoms. The maximum absolute atomic E-state index is 12.3. The highest BCUT2D eigenvalue weighted by molar-refractivity contribution is 5.82. The highest BCUT2D eigenvalue weighted by atomic mass is 16.6. The molecular weight excluding hydrogens is 306 g/mol. The van der Waals surface area contributed by atoms with Gasteiger partial charge >= 0.3 is 6.09 Å². The SMILES string of the molecule is CC(C)C(N)C(=O)N1CCN(C(=O)OCc2ccccc2)C(C)C1. The molecule has 0 radical (unpaired) electrons. The van der Waals surface area contributed by atoms with Gasteiger partial charge in [-0.3, -0.25) is 4.79 Å². The summed E-state index contributed by atoms with van der Waals surface area (Å²) < 4.78 is 5.38. The topological polar surface area (TPSA) is 75.9 Å². The minimum Gasteiger partial charge on any atom is -0.445 e. The quantitative estimate of drug-likeness (QED) is 0.912. The first-order valence-electron chi connectivity index (χ1n) is 8.42. The van der Waals surface area contributed by atoms with Crippen LogP contribution in [-0.2, 0) is 16.1 Å². The van der Waals surface area contributed by atoms with Gasteiger partial charge < -0.3 is 20.3 Å². The van der Waals surface area contributed by atoms with Gasteiger partial charge in [0.2, 0.25) is 5.91 Å². The summed E-state index contributed by atoms with van der Waals surface area (Å²) in [5, 5.41) is 0. The van der Waals surface area contributed by atoms with Crippen LogP contribution in [0, 0.1) is 5.92 Å². The summed E-state index contributed by atoms with van der Waals surface area (Å²) in [4.78, 5) is 28.0. The number of amides is 2. The Hall–Kier alpha value is -2.08. The fraction of sp³-hybridized carbons (Fsp3) is 0.556. The van der Waals surface area contributed by atoms with Crippen LogP contribution in [0.4, 0.5) is 4.79 Å². The third-order valence-electron chi connectivity index (χ3n) is 4.38. The molecule has 2 atom stereocenters. The lowest BCUT2D eigenvalue weighted by Crippen LogP contribution is -2.58. The van der Waals surface area contributed by atoms with Gasteiger partial charge in [-0.15, -0.1) is 0 Å². The van der Waals surface area contributed by atoms with Gasteiger partial charge in [-0.2, -0.15) is 0 Å². The van der Waals surface area contributed by atoms with Gasteiger partial charge in [0.25, 0.3) is 0 Å². The molecule has 24 heavy (non-hydrogen) atoms. The molecule has 6 nitrogen and oxygen atoms in total. The van der Waals surface area contributed by atoms with Gasteiger partial charge in [-0.05, 0) is 18.4 Å². The predicted octanol–water partition coefficient (Wildman–Crippen LogP) is 1.84. The Morgan fingerprint density at radius 2 is 1.92 bits per heavy atom. The number of piperazine rings is 1. The summed E-state index contributed by atoms with van der Waals surface area (Å²) in [5.74, 6) is 0.0517. The van der Waals surface area contributed by atoms with Crippen LogP contribution in [0.5, 0.6) is 0 Å². The normalized spacial score (nSPS) is 19.3. The van der Waals surface area contributed by atoms with E-state index in [-0.39, 0.29) is 30.6 Å². The molecule has 1 aliphatic heterocycles. The van der Waals surface area contributed by atoms with Crippen molar-refractivity contribution in [2.24, 2.45) is 11.7 Å². The number of nitrogens with two attached hydrogens (primary N) is 1.